The van der Waals surface area contributed by atoms with Gasteiger partial charge >= 0.3 is 0 Å². The summed E-state index contributed by atoms with van der Waals surface area (Å²) in [7, 11) is 2.14. The van der Waals surface area contributed by atoms with E-state index in [1.165, 1.54) is 0 Å². The molecule has 0 radical (unpaired) electrons. The van der Waals surface area contributed by atoms with E-state index in [4.69, 9.17) is 0 Å². The summed E-state index contributed by atoms with van der Waals surface area (Å²) in [4.78, 5) is 2.33. The van der Waals surface area contributed by atoms with E-state index in [0.29, 0.717) is 6.04 Å². The Hall–Kier alpha value is -0.590. The van der Waals surface area contributed by atoms with Crippen molar-refractivity contribution in [3.05, 3.63) is 0 Å². The van der Waals surface area contributed by atoms with Crippen LogP contribution in [-0.4, -0.2) is 36.6 Å². The highest BCUT2D eigenvalue weighted by Crippen LogP contribution is 2.17. The number of rotatable bonds is 9. The molecule has 0 spiro atoms. The maximum Gasteiger partial charge on any atom is 0.106 e. The third kappa shape index (κ3) is 6.05. The summed E-state index contributed by atoms with van der Waals surface area (Å²) in [6.07, 6.45) is 3.98. The smallest absolute Gasteiger partial charge is 0.106 e. The van der Waals surface area contributed by atoms with Crippen molar-refractivity contribution in [1.29, 1.82) is 5.26 Å². The van der Waals surface area contributed by atoms with Gasteiger partial charge in [-0.15, -0.1) is 0 Å². The zero-order valence-electron chi connectivity index (χ0n) is 12.2. The van der Waals surface area contributed by atoms with Gasteiger partial charge in [0.15, 0.2) is 0 Å². The maximum atomic E-state index is 9.35. The second kappa shape index (κ2) is 8.49. The normalized spacial score (nSPS) is 14.9. The molecule has 0 heterocycles. The molecule has 0 fully saturated rings. The van der Waals surface area contributed by atoms with Gasteiger partial charge in [0, 0.05) is 6.04 Å². The summed E-state index contributed by atoms with van der Waals surface area (Å²) in [6.45, 7) is 10.6. The van der Waals surface area contributed by atoms with Crippen molar-refractivity contribution in [2.45, 2.75) is 65.0 Å². The van der Waals surface area contributed by atoms with Crippen LogP contribution < -0.4 is 5.32 Å². The fraction of sp³-hybridized carbons (Fsp3) is 0.929. The second-order valence-electron chi connectivity index (χ2n) is 5.15. The zero-order chi connectivity index (χ0) is 13.3. The predicted octanol–water partition coefficient (Wildman–Crippen LogP) is 2.78. The Bertz CT molecular complexity index is 232. The van der Waals surface area contributed by atoms with Crippen molar-refractivity contribution in [2.24, 2.45) is 0 Å². The van der Waals surface area contributed by atoms with Crippen LogP contribution in [0.1, 0.15) is 53.4 Å². The molecule has 0 bridgehead atoms. The van der Waals surface area contributed by atoms with Crippen LogP contribution >= 0.6 is 0 Å². The summed E-state index contributed by atoms with van der Waals surface area (Å²) in [5.41, 5.74) is -0.312. The van der Waals surface area contributed by atoms with Gasteiger partial charge in [-0.1, -0.05) is 13.8 Å². The summed E-state index contributed by atoms with van der Waals surface area (Å²) >= 11 is 0. The summed E-state index contributed by atoms with van der Waals surface area (Å²) in [6, 6.07) is 3.05. The minimum Gasteiger partial charge on any atom is -0.304 e. The SMILES string of the molecule is CCCNC(C#N)(CC)CCCN(C)C(C)C. The molecule has 0 aromatic carbocycles. The molecule has 1 unspecified atom stereocenters. The quantitative estimate of drug-likeness (QED) is 0.672. The number of hydrogen-bond acceptors (Lipinski definition) is 3. The molecule has 1 atom stereocenters. The lowest BCUT2D eigenvalue weighted by Gasteiger charge is -2.28. The van der Waals surface area contributed by atoms with Crippen molar-refractivity contribution in [2.75, 3.05) is 20.1 Å². The minimum atomic E-state index is -0.312. The fourth-order valence-electron chi connectivity index (χ4n) is 1.82. The molecule has 3 heteroatoms. The monoisotopic (exact) mass is 239 g/mol. The van der Waals surface area contributed by atoms with Crippen LogP contribution in [-0.2, 0) is 0 Å². The lowest BCUT2D eigenvalue weighted by molar-refractivity contribution is 0.252. The Morgan fingerprint density at radius 1 is 1.35 bits per heavy atom. The molecule has 1 N–H and O–H groups in total. The Morgan fingerprint density at radius 2 is 2.00 bits per heavy atom. The Labute approximate surface area is 107 Å². The van der Waals surface area contributed by atoms with E-state index in [-0.39, 0.29) is 5.54 Å². The molecule has 17 heavy (non-hydrogen) atoms. The van der Waals surface area contributed by atoms with Gasteiger partial charge in [-0.2, -0.15) is 5.26 Å². The van der Waals surface area contributed by atoms with Crippen molar-refractivity contribution in [1.82, 2.24) is 10.2 Å². The van der Waals surface area contributed by atoms with Gasteiger partial charge in [0.05, 0.1) is 6.07 Å². The molecule has 0 saturated carbocycles. The Morgan fingerprint density at radius 3 is 2.41 bits per heavy atom. The van der Waals surface area contributed by atoms with Crippen molar-refractivity contribution in [3.8, 4) is 6.07 Å². The van der Waals surface area contributed by atoms with Crippen LogP contribution in [0, 0.1) is 11.3 Å². The van der Waals surface area contributed by atoms with E-state index >= 15 is 0 Å². The van der Waals surface area contributed by atoms with Crippen LogP contribution in [0.3, 0.4) is 0 Å². The lowest BCUT2D eigenvalue weighted by atomic mass is 9.91. The first-order valence-corrected chi connectivity index (χ1v) is 6.87. The number of nitriles is 1. The van der Waals surface area contributed by atoms with Gasteiger partial charge < -0.3 is 4.90 Å². The van der Waals surface area contributed by atoms with E-state index in [1.54, 1.807) is 0 Å². The van der Waals surface area contributed by atoms with Crippen molar-refractivity contribution < 1.29 is 0 Å². The van der Waals surface area contributed by atoms with E-state index < -0.39 is 0 Å². The zero-order valence-corrected chi connectivity index (χ0v) is 12.2. The average molecular weight is 239 g/mol. The van der Waals surface area contributed by atoms with Crippen LogP contribution in [0.4, 0.5) is 0 Å². The fourth-order valence-corrected chi connectivity index (χ4v) is 1.82. The van der Waals surface area contributed by atoms with Gasteiger partial charge in [0.25, 0.3) is 0 Å². The first-order valence-electron chi connectivity index (χ1n) is 6.87. The highest BCUT2D eigenvalue weighted by Gasteiger charge is 2.26. The average Bonchev–Trinajstić information content (AvgIpc) is 2.33. The van der Waals surface area contributed by atoms with Crippen LogP contribution in [0.15, 0.2) is 0 Å². The third-order valence-corrected chi connectivity index (χ3v) is 3.53. The standard InChI is InChI=1S/C14H29N3/c1-6-10-16-14(7-2,12-15)9-8-11-17(5)13(3)4/h13,16H,6-11H2,1-5H3. The van der Waals surface area contributed by atoms with Gasteiger partial charge in [-0.25, -0.2) is 0 Å². The lowest BCUT2D eigenvalue weighted by Crippen LogP contribution is -2.44. The first kappa shape index (κ1) is 16.4. The van der Waals surface area contributed by atoms with E-state index in [2.05, 4.69) is 51.0 Å². The molecule has 0 rings (SSSR count). The molecule has 0 amide bonds. The highest BCUT2D eigenvalue weighted by molar-refractivity contribution is 5.06. The number of nitrogens with zero attached hydrogens (tertiary/aromatic N) is 2. The Kier molecular flexibility index (Phi) is 8.20. The molecule has 0 aromatic rings. The molecular formula is C14H29N3. The van der Waals surface area contributed by atoms with Gasteiger partial charge in [-0.05, 0) is 59.7 Å². The minimum absolute atomic E-state index is 0.312. The third-order valence-electron chi connectivity index (χ3n) is 3.53. The number of hydrogen-bond donors (Lipinski definition) is 1. The van der Waals surface area contributed by atoms with E-state index in [9.17, 15) is 5.26 Å². The van der Waals surface area contributed by atoms with Crippen molar-refractivity contribution >= 4 is 0 Å². The van der Waals surface area contributed by atoms with E-state index in [0.717, 1.165) is 38.8 Å². The summed E-state index contributed by atoms with van der Waals surface area (Å²) in [5.74, 6) is 0. The van der Waals surface area contributed by atoms with Crippen LogP contribution in [0.25, 0.3) is 0 Å². The molecule has 0 aliphatic heterocycles. The molecule has 100 valence electrons. The number of nitrogens with one attached hydrogen (secondary N) is 1. The van der Waals surface area contributed by atoms with Crippen LogP contribution in [0.5, 0.6) is 0 Å². The first-order chi connectivity index (χ1) is 8.01. The Balaban J connectivity index is 4.14. The molecule has 0 aliphatic carbocycles. The van der Waals surface area contributed by atoms with Crippen LogP contribution in [0.2, 0.25) is 0 Å². The molecule has 0 aromatic heterocycles. The van der Waals surface area contributed by atoms with Crippen molar-refractivity contribution in [3.63, 3.8) is 0 Å². The second-order valence-corrected chi connectivity index (χ2v) is 5.15. The maximum absolute atomic E-state index is 9.35. The molecule has 0 saturated heterocycles. The topological polar surface area (TPSA) is 39.1 Å². The highest BCUT2D eigenvalue weighted by atomic mass is 15.1. The van der Waals surface area contributed by atoms with E-state index in [1.807, 2.05) is 0 Å². The molecule has 3 nitrogen and oxygen atoms in total. The summed E-state index contributed by atoms with van der Waals surface area (Å²) in [5, 5.41) is 12.8. The molecule has 0 aliphatic rings. The van der Waals surface area contributed by atoms with Gasteiger partial charge in [0.2, 0.25) is 0 Å². The van der Waals surface area contributed by atoms with Gasteiger partial charge in [0.1, 0.15) is 5.54 Å². The largest absolute Gasteiger partial charge is 0.304 e. The summed E-state index contributed by atoms with van der Waals surface area (Å²) < 4.78 is 0. The van der Waals surface area contributed by atoms with Gasteiger partial charge in [-0.3, -0.25) is 5.32 Å². The predicted molar refractivity (Wildman–Crippen MR) is 73.9 cm³/mol. The molecular weight excluding hydrogens is 210 g/mol.